The third kappa shape index (κ3) is 1.96. The van der Waals surface area contributed by atoms with Gasteiger partial charge < -0.3 is 0 Å². The third-order valence-corrected chi connectivity index (χ3v) is 1.53. The van der Waals surface area contributed by atoms with Crippen molar-refractivity contribution in [3.8, 4) is 0 Å². The van der Waals surface area contributed by atoms with Gasteiger partial charge in [0.25, 0.3) is 0 Å². The maximum absolute atomic E-state index is 8.26. The summed E-state index contributed by atoms with van der Waals surface area (Å²) in [6.07, 6.45) is 3.34. The Morgan fingerprint density at radius 2 is 2.67 bits per heavy atom. The van der Waals surface area contributed by atoms with E-state index in [0.717, 1.165) is 12.8 Å². The molecule has 1 heterocycles. The van der Waals surface area contributed by atoms with Crippen molar-refractivity contribution >= 4 is 0 Å². The fourth-order valence-electron chi connectivity index (χ4n) is 0.972. The predicted octanol–water partition coefficient (Wildman–Crippen LogP) is 1.96. The van der Waals surface area contributed by atoms with Crippen LogP contribution in [0.5, 0.6) is 0 Å². The Labute approximate surface area is 69.6 Å². The summed E-state index contributed by atoms with van der Waals surface area (Å²) in [6.45, 7) is 2.03. The van der Waals surface area contributed by atoms with E-state index in [2.05, 4.69) is 25.4 Å². The molecule has 1 atom stereocenters. The zero-order valence-electron chi connectivity index (χ0n) is 6.80. The lowest BCUT2D eigenvalue weighted by atomic mass is 10.1. The van der Waals surface area contributed by atoms with Crippen LogP contribution in [0.3, 0.4) is 0 Å². The molecule has 6 nitrogen and oxygen atoms in total. The Bertz CT molecular complexity index is 260. The first-order chi connectivity index (χ1) is 5.88. The number of aromatic nitrogens is 3. The smallest absolute Gasteiger partial charge is 0.0913 e. The Morgan fingerprint density at radius 1 is 1.83 bits per heavy atom. The van der Waals surface area contributed by atoms with Crippen molar-refractivity contribution < 1.29 is 0 Å². The van der Waals surface area contributed by atoms with E-state index in [0.29, 0.717) is 5.69 Å². The molecule has 64 valence electrons. The number of hydrogen-bond donors (Lipinski definition) is 1. The Morgan fingerprint density at radius 3 is 3.17 bits per heavy atom. The maximum Gasteiger partial charge on any atom is 0.0913 e. The van der Waals surface area contributed by atoms with Crippen molar-refractivity contribution in [1.29, 1.82) is 0 Å². The van der Waals surface area contributed by atoms with E-state index in [1.807, 2.05) is 6.92 Å². The van der Waals surface area contributed by atoms with Crippen molar-refractivity contribution in [1.82, 2.24) is 15.4 Å². The largest absolute Gasteiger partial charge is 0.198 e. The van der Waals surface area contributed by atoms with Gasteiger partial charge in [-0.25, -0.2) is 0 Å². The van der Waals surface area contributed by atoms with Crippen molar-refractivity contribution in [2.45, 2.75) is 25.8 Å². The molecule has 0 saturated heterocycles. The molecule has 0 aliphatic carbocycles. The molecule has 0 aliphatic rings. The number of nitrogens with one attached hydrogen (secondary N) is 1. The first-order valence-electron chi connectivity index (χ1n) is 3.78. The highest BCUT2D eigenvalue weighted by Crippen LogP contribution is 2.19. The molecule has 0 bridgehead atoms. The Hall–Kier alpha value is -1.55. The molecular weight excluding hydrogens is 156 g/mol. The molecule has 1 N–H and O–H groups in total. The quantitative estimate of drug-likeness (QED) is 0.420. The highest BCUT2D eigenvalue weighted by atomic mass is 15.3. The van der Waals surface area contributed by atoms with Gasteiger partial charge in [-0.2, -0.15) is 15.4 Å². The van der Waals surface area contributed by atoms with Gasteiger partial charge in [-0.15, -0.1) is 0 Å². The van der Waals surface area contributed by atoms with E-state index in [4.69, 9.17) is 5.53 Å². The number of H-pyrrole nitrogens is 1. The zero-order chi connectivity index (χ0) is 8.81. The molecule has 0 saturated carbocycles. The van der Waals surface area contributed by atoms with Gasteiger partial charge in [-0.3, -0.25) is 0 Å². The molecule has 0 spiro atoms. The van der Waals surface area contributed by atoms with Crippen molar-refractivity contribution in [3.63, 3.8) is 0 Å². The van der Waals surface area contributed by atoms with Crippen LogP contribution in [0, 0.1) is 0 Å². The Balaban J connectivity index is 2.72. The molecule has 0 radical (unpaired) electrons. The second-order valence-corrected chi connectivity index (χ2v) is 2.40. The van der Waals surface area contributed by atoms with Crippen LogP contribution in [0.2, 0.25) is 0 Å². The van der Waals surface area contributed by atoms with Crippen LogP contribution in [0.25, 0.3) is 10.4 Å². The van der Waals surface area contributed by atoms with Crippen molar-refractivity contribution in [2.75, 3.05) is 0 Å². The molecule has 1 aromatic rings. The number of nitrogens with zero attached hydrogens (tertiary/aromatic N) is 5. The van der Waals surface area contributed by atoms with Crippen LogP contribution < -0.4 is 0 Å². The van der Waals surface area contributed by atoms with Crippen molar-refractivity contribution in [2.24, 2.45) is 5.11 Å². The summed E-state index contributed by atoms with van der Waals surface area (Å²) in [7, 11) is 0. The van der Waals surface area contributed by atoms with Crippen LogP contribution in [-0.2, 0) is 0 Å². The first kappa shape index (κ1) is 8.55. The molecule has 0 aromatic carbocycles. The standard InChI is InChI=1S/C6H10N6/c1-2-3-5(9-11-7)6-4-8-12-10-6/h4-5H,2-3H2,1H3,(H,8,10,12)/t5-/m0/s1. The van der Waals surface area contributed by atoms with Crippen molar-refractivity contribution in [3.05, 3.63) is 22.3 Å². The lowest BCUT2D eigenvalue weighted by Gasteiger charge is -2.03. The van der Waals surface area contributed by atoms with Crippen LogP contribution in [0.15, 0.2) is 11.3 Å². The third-order valence-electron chi connectivity index (χ3n) is 1.53. The lowest BCUT2D eigenvalue weighted by Crippen LogP contribution is -1.94. The van der Waals surface area contributed by atoms with E-state index >= 15 is 0 Å². The normalized spacial score (nSPS) is 12.1. The fourth-order valence-corrected chi connectivity index (χ4v) is 0.972. The number of rotatable bonds is 4. The maximum atomic E-state index is 8.26. The second kappa shape index (κ2) is 4.35. The molecule has 1 aromatic heterocycles. The summed E-state index contributed by atoms with van der Waals surface area (Å²) in [4.78, 5) is 2.75. The molecular formula is C6H10N6. The summed E-state index contributed by atoms with van der Waals surface area (Å²) in [5.41, 5.74) is 8.97. The van der Waals surface area contributed by atoms with E-state index in [1.165, 1.54) is 0 Å². The van der Waals surface area contributed by atoms with E-state index in [9.17, 15) is 0 Å². The molecule has 0 aliphatic heterocycles. The summed E-state index contributed by atoms with van der Waals surface area (Å²) >= 11 is 0. The predicted molar refractivity (Wildman–Crippen MR) is 43.2 cm³/mol. The lowest BCUT2D eigenvalue weighted by molar-refractivity contribution is 0.616. The van der Waals surface area contributed by atoms with E-state index in [-0.39, 0.29) is 6.04 Å². The summed E-state index contributed by atoms with van der Waals surface area (Å²) in [6, 6.07) is -0.182. The van der Waals surface area contributed by atoms with E-state index in [1.54, 1.807) is 6.20 Å². The van der Waals surface area contributed by atoms with Crippen LogP contribution in [-0.4, -0.2) is 15.4 Å². The van der Waals surface area contributed by atoms with Gasteiger partial charge in [0, 0.05) is 4.91 Å². The van der Waals surface area contributed by atoms with Gasteiger partial charge in [0.05, 0.1) is 17.9 Å². The van der Waals surface area contributed by atoms with Crippen LogP contribution >= 0.6 is 0 Å². The van der Waals surface area contributed by atoms with Gasteiger partial charge >= 0.3 is 0 Å². The average Bonchev–Trinajstić information content (AvgIpc) is 2.56. The summed E-state index contributed by atoms with van der Waals surface area (Å²) in [5.74, 6) is 0. The summed E-state index contributed by atoms with van der Waals surface area (Å²) in [5, 5.41) is 13.6. The highest BCUT2D eigenvalue weighted by molar-refractivity contribution is 4.99. The van der Waals surface area contributed by atoms with Gasteiger partial charge in [0.15, 0.2) is 0 Å². The van der Waals surface area contributed by atoms with Crippen LogP contribution in [0.1, 0.15) is 31.5 Å². The molecule has 1 rings (SSSR count). The minimum absolute atomic E-state index is 0.182. The average molecular weight is 166 g/mol. The number of aromatic amines is 1. The van der Waals surface area contributed by atoms with Gasteiger partial charge in [0.1, 0.15) is 0 Å². The molecule has 12 heavy (non-hydrogen) atoms. The molecule has 0 amide bonds. The monoisotopic (exact) mass is 166 g/mol. The minimum Gasteiger partial charge on any atom is -0.198 e. The SMILES string of the molecule is CCC[C@H](N=[N+]=[N-])c1cn[nH]n1. The molecule has 0 fully saturated rings. The van der Waals surface area contributed by atoms with Gasteiger partial charge in [-0.05, 0) is 12.0 Å². The van der Waals surface area contributed by atoms with Gasteiger partial charge in [0.2, 0.25) is 0 Å². The fraction of sp³-hybridized carbons (Fsp3) is 0.667. The summed E-state index contributed by atoms with van der Waals surface area (Å²) < 4.78 is 0. The van der Waals surface area contributed by atoms with Crippen LogP contribution in [0.4, 0.5) is 0 Å². The number of hydrogen-bond acceptors (Lipinski definition) is 3. The van der Waals surface area contributed by atoms with E-state index < -0.39 is 0 Å². The Kier molecular flexibility index (Phi) is 3.10. The first-order valence-corrected chi connectivity index (χ1v) is 3.78. The number of azide groups is 1. The minimum atomic E-state index is -0.182. The highest BCUT2D eigenvalue weighted by Gasteiger charge is 2.10. The molecule has 6 heteroatoms. The van der Waals surface area contributed by atoms with Gasteiger partial charge in [-0.1, -0.05) is 18.5 Å². The zero-order valence-corrected chi connectivity index (χ0v) is 6.80. The molecule has 0 unspecified atom stereocenters. The second-order valence-electron chi connectivity index (χ2n) is 2.40. The topological polar surface area (TPSA) is 90.3 Å².